The number of ether oxygens (including phenoxy) is 1. The molecule has 3 aromatic carbocycles. The molecule has 0 saturated carbocycles. The van der Waals surface area contributed by atoms with Crippen LogP contribution in [0.4, 0.5) is 23.1 Å². The van der Waals surface area contributed by atoms with Crippen LogP contribution in [0, 0.1) is 27.7 Å². The number of anilines is 4. The molecule has 578 valence electrons. The van der Waals surface area contributed by atoms with Crippen molar-refractivity contribution in [2.45, 2.75) is 180 Å². The summed E-state index contributed by atoms with van der Waals surface area (Å²) in [7, 11) is -3.70. The van der Waals surface area contributed by atoms with Gasteiger partial charge in [0, 0.05) is 114 Å². The Morgan fingerprint density at radius 2 is 1.44 bits per heavy atom. The molecule has 26 nitrogen and oxygen atoms in total. The first-order valence-corrected chi connectivity index (χ1v) is 41.2. The molecule has 5 aliphatic heterocycles. The van der Waals surface area contributed by atoms with Crippen LogP contribution in [0.5, 0.6) is 5.75 Å². The maximum absolute atomic E-state index is 13.3. The van der Waals surface area contributed by atoms with Gasteiger partial charge >= 0.3 is 0 Å². The zero-order chi connectivity index (χ0) is 78.1. The zero-order valence-corrected chi connectivity index (χ0v) is 66.6. The maximum Gasteiger partial charge on any atom is 0.256 e. The number of aromatic nitrogens is 5. The molecule has 2 saturated heterocycles. The van der Waals surface area contributed by atoms with E-state index >= 15 is 0 Å². The van der Waals surface area contributed by atoms with Gasteiger partial charge in [-0.15, -0.1) is 44.2 Å². The summed E-state index contributed by atoms with van der Waals surface area (Å²) in [6.45, 7) is 23.8. The lowest BCUT2D eigenvalue weighted by Gasteiger charge is -2.31. The number of piperidine rings is 1. The van der Waals surface area contributed by atoms with Gasteiger partial charge in [0.2, 0.25) is 39.6 Å². The number of hydrogen-bond donors (Lipinski definition) is 8. The van der Waals surface area contributed by atoms with Crippen molar-refractivity contribution in [3.8, 4) is 10.8 Å². The number of amides is 6. The minimum atomic E-state index is -3.70. The average Bonchev–Trinajstić information content (AvgIpc) is 1.60. The molecule has 0 aliphatic carbocycles. The van der Waals surface area contributed by atoms with Crippen LogP contribution in [0.15, 0.2) is 124 Å². The molecular formula is C79H91ClN16O10S4. The van der Waals surface area contributed by atoms with E-state index in [0.717, 1.165) is 91.0 Å². The summed E-state index contributed by atoms with van der Waals surface area (Å²) in [5.74, 6) is 2.24. The summed E-state index contributed by atoms with van der Waals surface area (Å²) in [6.07, 6.45) is 9.52. The number of rotatable bonds is 29. The van der Waals surface area contributed by atoms with Gasteiger partial charge < -0.3 is 51.8 Å². The summed E-state index contributed by atoms with van der Waals surface area (Å²) >= 11 is 10.9. The first-order valence-electron chi connectivity index (χ1n) is 36.8. The van der Waals surface area contributed by atoms with E-state index in [2.05, 4.69) is 89.1 Å². The summed E-state index contributed by atoms with van der Waals surface area (Å²) in [4.78, 5) is 111. The molecule has 8 aromatic rings. The number of thiophene rings is 3. The Balaban J connectivity index is 0.000000205. The third kappa shape index (κ3) is 19.3. The van der Waals surface area contributed by atoms with E-state index in [-0.39, 0.29) is 59.1 Å². The van der Waals surface area contributed by atoms with E-state index in [1.807, 2.05) is 77.7 Å². The van der Waals surface area contributed by atoms with Crippen molar-refractivity contribution < 1.29 is 46.7 Å². The predicted molar refractivity (Wildman–Crippen MR) is 427 cm³/mol. The van der Waals surface area contributed by atoms with Crippen molar-refractivity contribution in [1.29, 1.82) is 0 Å². The Kier molecular flexibility index (Phi) is 25.4. The van der Waals surface area contributed by atoms with E-state index in [9.17, 15) is 42.0 Å². The zero-order valence-electron chi connectivity index (χ0n) is 62.6. The van der Waals surface area contributed by atoms with Gasteiger partial charge in [-0.05, 0) is 191 Å². The predicted octanol–water partition coefficient (Wildman–Crippen LogP) is 12.1. The third-order valence-corrected chi connectivity index (χ3v) is 24.8. The normalized spacial score (nSPS) is 16.8. The van der Waals surface area contributed by atoms with Crippen LogP contribution in [0.3, 0.4) is 0 Å². The molecule has 5 aromatic heterocycles. The smallest absolute Gasteiger partial charge is 0.256 e. The number of halogens is 1. The lowest BCUT2D eigenvalue weighted by Crippen LogP contribution is -2.49. The Morgan fingerprint density at radius 3 is 2.15 bits per heavy atom. The number of ketones is 1. The van der Waals surface area contributed by atoms with Crippen LogP contribution in [0.2, 0.25) is 5.02 Å². The van der Waals surface area contributed by atoms with Gasteiger partial charge in [-0.2, -0.15) is 4.98 Å². The Hall–Kier alpha value is -9.82. The Morgan fingerprint density at radius 1 is 0.755 bits per heavy atom. The minimum Gasteiger partial charge on any atom is -0.494 e. The Labute approximate surface area is 656 Å². The van der Waals surface area contributed by atoms with Gasteiger partial charge in [0.05, 0.1) is 47.9 Å². The standard InChI is InChI=1S/C40H47N7O6S2.C39H44ClN9O4S2/c1-25-22-41-39(45-36(25)43-28-9-8-11-31(21-28)55(51,52)46-40(3,4)5)44-27-13-16-30(17-14-27)53-20-7-6-10-29(48)15-19-35-32-23-47(38(50)33(32)24-54-35)34-18-12-26(2)42-37(34)49;1-21-8-7-9-30(37(52)44-21)48-19-27-28(38(48)53)20-54-31(27)17-43-33(51)18-41-14-5-6-15-42-32(50)16-29-36-47-46-24(4)49(36)39-34(22(2)23(3)55-39)35(45-29)25-10-12-26(40)13-11-25/h8-9,11,13-14,16-17,21-22,24,34,46H,2,6-7,10,12,15,18-20,23H2,1,3-5H3,(H,42,49)(H2,41,43,44,45);10-13,20,29-30,41H,1,5-9,14-19H2,2-4H3,(H,42,50)(H,43,51)(H,44,52)/t;29-,30?/m.0/s1. The summed E-state index contributed by atoms with van der Waals surface area (Å²) in [6, 6.07) is 20.0. The van der Waals surface area contributed by atoms with Crippen molar-refractivity contribution in [2.24, 2.45) is 4.99 Å². The fraction of sp³-hybridized carbons (Fsp3) is 0.392. The average molecular weight is 1590 g/mol. The van der Waals surface area contributed by atoms with Crippen molar-refractivity contribution in [1.82, 2.24) is 65.8 Å². The van der Waals surface area contributed by atoms with Gasteiger partial charge in [-0.1, -0.05) is 43.0 Å². The van der Waals surface area contributed by atoms with Crippen LogP contribution in [0.1, 0.15) is 184 Å². The van der Waals surface area contributed by atoms with Gasteiger partial charge in [-0.3, -0.25) is 43.1 Å². The number of carbonyl (C=O) groups excluding carboxylic acids is 7. The quantitative estimate of drug-likeness (QED) is 0.0202. The number of hydrogen-bond acceptors (Lipinski definition) is 21. The monoisotopic (exact) mass is 1590 g/mol. The number of nitrogens with zero attached hydrogens (tertiary/aromatic N) is 8. The molecule has 13 rings (SSSR count). The number of aryl methyl sites for hydroxylation is 4. The lowest BCUT2D eigenvalue weighted by molar-refractivity contribution is -0.126. The largest absolute Gasteiger partial charge is 0.494 e. The van der Waals surface area contributed by atoms with Crippen LogP contribution in [0.25, 0.3) is 5.00 Å². The molecule has 110 heavy (non-hydrogen) atoms. The second-order valence-electron chi connectivity index (χ2n) is 29.0. The molecule has 31 heteroatoms. The highest BCUT2D eigenvalue weighted by atomic mass is 35.5. The van der Waals surface area contributed by atoms with Crippen molar-refractivity contribution >= 4 is 126 Å². The van der Waals surface area contributed by atoms with E-state index in [4.69, 9.17) is 21.3 Å². The van der Waals surface area contributed by atoms with Crippen molar-refractivity contribution in [2.75, 3.05) is 36.9 Å². The SMILES string of the molecule is C=C1CCC(N2Cc3c(csc3CCC(=O)CCCCOc3ccc(Nc4ncc(C)c(Nc5cccc(S(=O)(=O)NC(C)(C)C)c5)n4)cc3)C2=O)C(=O)N1.C=C1CCCC(N2Cc3c(csc3CNC(=O)CNCCCCNC(=O)C[C@@H]3N=C(c4ccc(Cl)cc4)c4c(sc(C)c4C)-n4c(C)nnc43)C2=O)C(=O)N1. The topological polar surface area (TPSA) is 334 Å². The molecule has 2 unspecified atom stereocenters. The highest BCUT2D eigenvalue weighted by molar-refractivity contribution is 7.89. The van der Waals surface area contributed by atoms with Gasteiger partial charge in [0.1, 0.15) is 46.3 Å². The molecule has 0 radical (unpaired) electrons. The summed E-state index contributed by atoms with van der Waals surface area (Å²) in [5.41, 5.74) is 9.84. The van der Waals surface area contributed by atoms with E-state index < -0.39 is 33.7 Å². The number of nitrogens with one attached hydrogen (secondary N) is 8. The minimum absolute atomic E-state index is 0.115. The highest BCUT2D eigenvalue weighted by Gasteiger charge is 2.42. The van der Waals surface area contributed by atoms with Crippen LogP contribution < -0.4 is 46.7 Å². The molecule has 0 bridgehead atoms. The molecular weight excluding hydrogens is 1500 g/mol. The van der Waals surface area contributed by atoms with E-state index in [0.29, 0.717) is 147 Å². The molecule has 0 spiro atoms. The van der Waals surface area contributed by atoms with Gasteiger partial charge in [0.15, 0.2) is 5.82 Å². The van der Waals surface area contributed by atoms with Gasteiger partial charge in [0.25, 0.3) is 11.8 Å². The second-order valence-corrected chi connectivity index (χ2v) is 34.2. The van der Waals surface area contributed by atoms with E-state index in [1.165, 1.54) is 27.6 Å². The van der Waals surface area contributed by atoms with Crippen LogP contribution >= 0.6 is 45.6 Å². The number of Topliss-reactive ketones (excluding diaryl/α,β-unsaturated/α-hetero) is 1. The van der Waals surface area contributed by atoms with E-state index in [1.54, 1.807) is 72.4 Å². The van der Waals surface area contributed by atoms with Gasteiger partial charge in [-0.25, -0.2) is 18.1 Å². The highest BCUT2D eigenvalue weighted by Crippen LogP contribution is 2.41. The summed E-state index contributed by atoms with van der Waals surface area (Å²) < 4.78 is 36.3. The number of sulfonamides is 1. The lowest BCUT2D eigenvalue weighted by atomic mass is 9.99. The summed E-state index contributed by atoms with van der Waals surface area (Å²) in [5, 5.41) is 35.3. The van der Waals surface area contributed by atoms with Crippen LogP contribution in [-0.4, -0.2) is 134 Å². The molecule has 3 atom stereocenters. The van der Waals surface area contributed by atoms with Crippen molar-refractivity contribution in [3.63, 3.8) is 0 Å². The second kappa shape index (κ2) is 35.0. The number of allylic oxidation sites excluding steroid dienone is 2. The number of aliphatic imine (C=N–C) groups is 1. The number of benzene rings is 3. The van der Waals surface area contributed by atoms with Crippen molar-refractivity contribution in [3.05, 3.63) is 190 Å². The maximum atomic E-state index is 13.3. The van der Waals surface area contributed by atoms with Crippen LogP contribution in [-0.2, 0) is 60.1 Å². The number of carbonyl (C=O) groups is 7. The molecule has 10 heterocycles. The Bertz CT molecular complexity index is 5000. The first-order chi connectivity index (χ1) is 52.6. The third-order valence-electron chi connectivity index (χ3n) is 19.5. The number of unbranched alkanes of at least 4 members (excludes halogenated alkanes) is 2. The number of fused-ring (bicyclic) bond motifs is 5. The molecule has 5 aliphatic rings. The molecule has 8 N–H and O–H groups in total. The first kappa shape index (κ1) is 79.7. The molecule has 2 fully saturated rings. The fourth-order valence-corrected chi connectivity index (χ4v) is 18.5. The fourth-order valence-electron chi connectivity index (χ4n) is 13.7. The molecule has 6 amide bonds.